The number of rotatable bonds is 1. The maximum absolute atomic E-state index is 6.62. The largest absolute Gasteiger partial charge is 0.456 e. The van der Waals surface area contributed by atoms with Gasteiger partial charge >= 0.3 is 0 Å². The van der Waals surface area contributed by atoms with Gasteiger partial charge in [0.1, 0.15) is 11.2 Å². The summed E-state index contributed by atoms with van der Waals surface area (Å²) in [7, 11) is 0. The van der Waals surface area contributed by atoms with Gasteiger partial charge in [0.15, 0.2) is 0 Å². The molecule has 5 rings (SSSR count). The molecule has 0 aliphatic rings. The van der Waals surface area contributed by atoms with Crippen molar-refractivity contribution in [1.82, 2.24) is 0 Å². The number of furan rings is 1. The molecule has 0 aliphatic heterocycles. The summed E-state index contributed by atoms with van der Waals surface area (Å²) in [6.45, 7) is 0. The van der Waals surface area contributed by atoms with E-state index in [1.165, 1.54) is 10.8 Å². The fourth-order valence-corrected chi connectivity index (χ4v) is 3.65. The summed E-state index contributed by atoms with van der Waals surface area (Å²) < 4.78 is 6.12. The maximum atomic E-state index is 6.62. The first kappa shape index (κ1) is 13.6. The average Bonchev–Trinajstić information content (AvgIpc) is 2.98. The van der Waals surface area contributed by atoms with Gasteiger partial charge < -0.3 is 4.42 Å². The molecule has 2 heteroatoms. The third kappa shape index (κ3) is 2.02. The molecule has 0 bridgehead atoms. The van der Waals surface area contributed by atoms with Crippen molar-refractivity contribution in [2.75, 3.05) is 0 Å². The Morgan fingerprint density at radius 2 is 1.33 bits per heavy atom. The minimum absolute atomic E-state index is 0.723. The lowest BCUT2D eigenvalue weighted by atomic mass is 10.0. The smallest absolute Gasteiger partial charge is 0.137 e. The Bertz CT molecular complexity index is 1200. The Labute approximate surface area is 144 Å². The third-order valence-corrected chi connectivity index (χ3v) is 4.80. The second kappa shape index (κ2) is 5.12. The van der Waals surface area contributed by atoms with Crippen molar-refractivity contribution in [2.45, 2.75) is 0 Å². The lowest BCUT2D eigenvalue weighted by Gasteiger charge is -2.03. The Kier molecular flexibility index (Phi) is 2.91. The van der Waals surface area contributed by atoms with Gasteiger partial charge in [0, 0.05) is 10.8 Å². The second-order valence-corrected chi connectivity index (χ2v) is 6.40. The van der Waals surface area contributed by atoms with E-state index in [-0.39, 0.29) is 0 Å². The predicted molar refractivity (Wildman–Crippen MR) is 102 cm³/mol. The van der Waals surface area contributed by atoms with E-state index in [1.807, 2.05) is 36.4 Å². The number of benzene rings is 4. The Morgan fingerprint density at radius 3 is 2.12 bits per heavy atom. The highest BCUT2D eigenvalue weighted by Crippen LogP contribution is 2.39. The van der Waals surface area contributed by atoms with Crippen molar-refractivity contribution in [1.29, 1.82) is 0 Å². The first-order chi connectivity index (χ1) is 11.8. The second-order valence-electron chi connectivity index (χ2n) is 5.99. The van der Waals surface area contributed by atoms with Crippen LogP contribution in [0.3, 0.4) is 0 Å². The summed E-state index contributed by atoms with van der Waals surface area (Å²) >= 11 is 6.62. The lowest BCUT2D eigenvalue weighted by Crippen LogP contribution is -1.78. The van der Waals surface area contributed by atoms with Crippen LogP contribution in [-0.4, -0.2) is 0 Å². The first-order valence-corrected chi connectivity index (χ1v) is 8.27. The van der Waals surface area contributed by atoms with Gasteiger partial charge in [-0.15, -0.1) is 0 Å². The van der Waals surface area contributed by atoms with Gasteiger partial charge in [-0.2, -0.15) is 0 Å². The summed E-state index contributed by atoms with van der Waals surface area (Å²) in [4.78, 5) is 0. The van der Waals surface area contributed by atoms with E-state index < -0.39 is 0 Å². The number of hydrogen-bond donors (Lipinski definition) is 0. The molecule has 0 saturated carbocycles. The van der Waals surface area contributed by atoms with Crippen LogP contribution in [-0.2, 0) is 0 Å². The van der Waals surface area contributed by atoms with Gasteiger partial charge in [0.25, 0.3) is 0 Å². The van der Waals surface area contributed by atoms with Gasteiger partial charge in [0.05, 0.1) is 5.02 Å². The monoisotopic (exact) mass is 328 g/mol. The molecule has 0 amide bonds. The van der Waals surface area contributed by atoms with Gasteiger partial charge in [0.2, 0.25) is 0 Å². The summed E-state index contributed by atoms with van der Waals surface area (Å²) in [6.07, 6.45) is 0. The minimum atomic E-state index is 0.723. The third-order valence-electron chi connectivity index (χ3n) is 4.50. The van der Waals surface area contributed by atoms with Gasteiger partial charge in [-0.25, -0.2) is 0 Å². The zero-order chi connectivity index (χ0) is 16.1. The molecule has 0 unspecified atom stereocenters. The van der Waals surface area contributed by atoms with E-state index in [4.69, 9.17) is 16.0 Å². The summed E-state index contributed by atoms with van der Waals surface area (Å²) in [5.74, 6) is 0. The quantitative estimate of drug-likeness (QED) is 0.321. The first-order valence-electron chi connectivity index (χ1n) is 7.89. The standard InChI is InChI=1S/C22H13ClO/c23-19-11-17(14-6-2-1-3-7-14)13-21-22(19)18-10-15-8-4-5-9-16(15)12-20(18)24-21/h1-13H. The number of fused-ring (bicyclic) bond motifs is 4. The molecule has 0 aliphatic carbocycles. The molecule has 0 radical (unpaired) electrons. The predicted octanol–water partition coefficient (Wildman–Crippen LogP) is 7.06. The zero-order valence-corrected chi connectivity index (χ0v) is 13.5. The van der Waals surface area contributed by atoms with Crippen LogP contribution < -0.4 is 0 Å². The fourth-order valence-electron chi connectivity index (χ4n) is 3.34. The fraction of sp³-hybridized carbons (Fsp3) is 0. The molecule has 0 fully saturated rings. The van der Waals surface area contributed by atoms with Crippen LogP contribution in [0.5, 0.6) is 0 Å². The molecule has 1 heterocycles. The van der Waals surface area contributed by atoms with E-state index in [1.54, 1.807) is 0 Å². The Balaban J connectivity index is 1.85. The lowest BCUT2D eigenvalue weighted by molar-refractivity contribution is 0.669. The molecule has 4 aromatic carbocycles. The van der Waals surface area contributed by atoms with Crippen LogP contribution in [0.4, 0.5) is 0 Å². The van der Waals surface area contributed by atoms with E-state index in [2.05, 4.69) is 42.5 Å². The summed E-state index contributed by atoms with van der Waals surface area (Å²) in [6, 6.07) is 26.8. The molecule has 1 aromatic heterocycles. The summed E-state index contributed by atoms with van der Waals surface area (Å²) in [5.41, 5.74) is 3.89. The molecular weight excluding hydrogens is 316 g/mol. The van der Waals surface area contributed by atoms with Crippen molar-refractivity contribution in [3.05, 3.63) is 83.9 Å². The van der Waals surface area contributed by atoms with Crippen LogP contribution >= 0.6 is 11.6 Å². The van der Waals surface area contributed by atoms with E-state index in [0.29, 0.717) is 0 Å². The van der Waals surface area contributed by atoms with Gasteiger partial charge in [-0.05, 0) is 46.2 Å². The van der Waals surface area contributed by atoms with E-state index in [9.17, 15) is 0 Å². The van der Waals surface area contributed by atoms with Gasteiger partial charge in [-0.1, -0.05) is 66.2 Å². The molecule has 24 heavy (non-hydrogen) atoms. The Morgan fingerprint density at radius 1 is 0.625 bits per heavy atom. The van der Waals surface area contributed by atoms with Crippen LogP contribution in [0, 0.1) is 0 Å². The van der Waals surface area contributed by atoms with E-state index in [0.717, 1.165) is 38.1 Å². The van der Waals surface area contributed by atoms with Crippen molar-refractivity contribution in [3.63, 3.8) is 0 Å². The topological polar surface area (TPSA) is 13.1 Å². The van der Waals surface area contributed by atoms with Crippen molar-refractivity contribution >= 4 is 44.3 Å². The van der Waals surface area contributed by atoms with Gasteiger partial charge in [-0.3, -0.25) is 0 Å². The van der Waals surface area contributed by atoms with Crippen molar-refractivity contribution in [2.24, 2.45) is 0 Å². The normalized spacial score (nSPS) is 11.5. The number of hydrogen-bond acceptors (Lipinski definition) is 1. The zero-order valence-electron chi connectivity index (χ0n) is 12.8. The highest BCUT2D eigenvalue weighted by Gasteiger charge is 2.13. The molecule has 114 valence electrons. The molecule has 0 atom stereocenters. The molecular formula is C22H13ClO. The van der Waals surface area contributed by atoms with Crippen molar-refractivity contribution < 1.29 is 4.42 Å². The van der Waals surface area contributed by atoms with Crippen molar-refractivity contribution in [3.8, 4) is 11.1 Å². The SMILES string of the molecule is Clc1cc(-c2ccccc2)cc2oc3cc4ccccc4cc3c12. The molecule has 0 N–H and O–H groups in total. The highest BCUT2D eigenvalue weighted by molar-refractivity contribution is 6.38. The summed E-state index contributed by atoms with van der Waals surface area (Å²) in [5, 5.41) is 5.13. The van der Waals surface area contributed by atoms with Crippen LogP contribution in [0.15, 0.2) is 83.3 Å². The highest BCUT2D eigenvalue weighted by atomic mass is 35.5. The average molecular weight is 329 g/mol. The molecule has 0 saturated heterocycles. The molecule has 1 nitrogen and oxygen atoms in total. The Hall–Kier alpha value is -2.77. The number of halogens is 1. The van der Waals surface area contributed by atoms with E-state index >= 15 is 0 Å². The molecule has 0 spiro atoms. The molecule has 5 aromatic rings. The minimum Gasteiger partial charge on any atom is -0.456 e. The maximum Gasteiger partial charge on any atom is 0.137 e. The van der Waals surface area contributed by atoms with Crippen LogP contribution in [0.25, 0.3) is 43.8 Å². The van der Waals surface area contributed by atoms with Crippen LogP contribution in [0.1, 0.15) is 0 Å². The van der Waals surface area contributed by atoms with Crippen LogP contribution in [0.2, 0.25) is 5.02 Å².